The minimum Gasteiger partial charge on any atom is -0.456 e. The maximum absolute atomic E-state index is 11.8. The minimum absolute atomic E-state index is 0.119. The molecule has 0 unspecified atom stereocenters. The number of ether oxygens (including phenoxy) is 3. The first-order chi connectivity index (χ1) is 17.5. The lowest BCUT2D eigenvalue weighted by molar-refractivity contribution is 0.00706. The SMILES string of the molecule is CNC(=O)c1ccc(-c2ccc(-c3nc4nc(O[C@@H]5CO[C@H]6[C@@H]5OC[C@H]6O)[nH]c4cc3Cl)cc2)cc1. The molecule has 3 N–H and O–H groups in total. The number of pyridine rings is 1. The van der Waals surface area contributed by atoms with Gasteiger partial charge >= 0.3 is 0 Å². The lowest BCUT2D eigenvalue weighted by Gasteiger charge is -2.15. The van der Waals surface area contributed by atoms with E-state index < -0.39 is 6.10 Å². The predicted molar refractivity (Wildman–Crippen MR) is 133 cm³/mol. The molecule has 1 amide bonds. The van der Waals surface area contributed by atoms with Crippen LogP contribution in [0.4, 0.5) is 0 Å². The molecule has 0 aliphatic carbocycles. The van der Waals surface area contributed by atoms with Crippen LogP contribution < -0.4 is 10.1 Å². The number of aliphatic hydroxyl groups is 1. The Kier molecular flexibility index (Phi) is 5.85. The first kappa shape index (κ1) is 22.9. The summed E-state index contributed by atoms with van der Waals surface area (Å²) in [5.74, 6) is -0.119. The number of benzene rings is 2. The number of carbonyl (C=O) groups is 1. The molecule has 4 heterocycles. The molecule has 2 aliphatic rings. The summed E-state index contributed by atoms with van der Waals surface area (Å²) >= 11 is 6.57. The zero-order valence-electron chi connectivity index (χ0n) is 19.3. The van der Waals surface area contributed by atoms with Crippen molar-refractivity contribution in [2.24, 2.45) is 0 Å². The van der Waals surface area contributed by atoms with Gasteiger partial charge < -0.3 is 29.6 Å². The molecule has 10 heteroatoms. The number of aromatic nitrogens is 3. The van der Waals surface area contributed by atoms with Gasteiger partial charge in [0.05, 0.1) is 29.4 Å². The smallest absolute Gasteiger partial charge is 0.296 e. The van der Waals surface area contributed by atoms with Crippen molar-refractivity contribution < 1.29 is 24.1 Å². The normalized spacial score (nSPS) is 23.1. The van der Waals surface area contributed by atoms with Gasteiger partial charge in [-0.3, -0.25) is 4.79 Å². The van der Waals surface area contributed by atoms with E-state index >= 15 is 0 Å². The van der Waals surface area contributed by atoms with E-state index in [0.29, 0.717) is 40.1 Å². The van der Waals surface area contributed by atoms with Crippen molar-refractivity contribution in [3.05, 3.63) is 65.2 Å². The van der Waals surface area contributed by atoms with Crippen molar-refractivity contribution in [1.29, 1.82) is 0 Å². The second-order valence-corrected chi connectivity index (χ2v) is 9.19. The van der Waals surface area contributed by atoms with Gasteiger partial charge in [-0.2, -0.15) is 4.98 Å². The summed E-state index contributed by atoms with van der Waals surface area (Å²) in [5, 5.41) is 13.0. The minimum atomic E-state index is -0.643. The molecule has 0 bridgehead atoms. The molecule has 2 aliphatic heterocycles. The molecule has 0 spiro atoms. The van der Waals surface area contributed by atoms with Crippen molar-refractivity contribution >= 4 is 28.7 Å². The summed E-state index contributed by atoms with van der Waals surface area (Å²) in [6.07, 6.45) is -1.73. The third kappa shape index (κ3) is 4.10. The average molecular weight is 507 g/mol. The molecule has 184 valence electrons. The first-order valence-corrected chi connectivity index (χ1v) is 11.9. The fraction of sp³-hybridized carbons (Fsp3) is 0.269. The van der Waals surface area contributed by atoms with Gasteiger partial charge in [0.1, 0.15) is 18.3 Å². The van der Waals surface area contributed by atoms with Crippen LogP contribution in [0.1, 0.15) is 10.4 Å². The Balaban J connectivity index is 1.22. The zero-order chi connectivity index (χ0) is 24.8. The van der Waals surface area contributed by atoms with Crippen LogP contribution in [0, 0.1) is 0 Å². The van der Waals surface area contributed by atoms with Gasteiger partial charge in [-0.05, 0) is 29.3 Å². The van der Waals surface area contributed by atoms with E-state index in [1.807, 2.05) is 36.4 Å². The maximum atomic E-state index is 11.8. The van der Waals surface area contributed by atoms with Gasteiger partial charge in [-0.1, -0.05) is 48.0 Å². The Morgan fingerprint density at radius 3 is 2.42 bits per heavy atom. The molecule has 2 saturated heterocycles. The van der Waals surface area contributed by atoms with Crippen molar-refractivity contribution in [2.75, 3.05) is 20.3 Å². The second-order valence-electron chi connectivity index (χ2n) is 8.79. The first-order valence-electron chi connectivity index (χ1n) is 11.6. The second kappa shape index (κ2) is 9.18. The number of halogens is 1. The third-order valence-corrected chi connectivity index (χ3v) is 6.80. The van der Waals surface area contributed by atoms with Crippen LogP contribution in [0.25, 0.3) is 33.5 Å². The average Bonchev–Trinajstić information content (AvgIpc) is 3.60. The standard InChI is InChI=1S/C26H23ClN4O5/c1-28-25(33)16-8-4-14(5-9-16)13-2-6-15(7-3-13)21-17(27)10-18-24(30-21)31-26(29-18)36-20-12-35-22-19(32)11-34-23(20)22/h2-10,19-20,22-23,32H,11-12H2,1H3,(H,28,33)(H,29,30,31)/t19-,20-,22-,23-/m1/s1. The maximum Gasteiger partial charge on any atom is 0.296 e. The predicted octanol–water partition coefficient (Wildman–Crippen LogP) is 3.21. The molecule has 2 aromatic heterocycles. The molecule has 2 fully saturated rings. The lowest BCUT2D eigenvalue weighted by atomic mass is 10.0. The highest BCUT2D eigenvalue weighted by Crippen LogP contribution is 2.33. The number of hydrogen-bond donors (Lipinski definition) is 3. The summed E-state index contributed by atoms with van der Waals surface area (Å²) in [6, 6.07) is 17.4. The Bertz CT molecular complexity index is 1420. The zero-order valence-corrected chi connectivity index (χ0v) is 20.0. The summed E-state index contributed by atoms with van der Waals surface area (Å²) in [6.45, 7) is 0.541. The van der Waals surface area contributed by atoms with Gasteiger partial charge in [-0.15, -0.1) is 0 Å². The van der Waals surface area contributed by atoms with Crippen LogP contribution in [-0.2, 0) is 9.47 Å². The molecule has 0 radical (unpaired) electrons. The van der Waals surface area contributed by atoms with Gasteiger partial charge in [0, 0.05) is 18.2 Å². The molecule has 9 nitrogen and oxygen atoms in total. The molecule has 6 rings (SSSR count). The highest BCUT2D eigenvalue weighted by Gasteiger charge is 2.48. The fourth-order valence-electron chi connectivity index (χ4n) is 4.62. The van der Waals surface area contributed by atoms with Crippen LogP contribution in [0.5, 0.6) is 6.01 Å². The number of rotatable bonds is 5. The summed E-state index contributed by atoms with van der Waals surface area (Å²) in [7, 11) is 1.61. The molecule has 36 heavy (non-hydrogen) atoms. The van der Waals surface area contributed by atoms with E-state index in [9.17, 15) is 9.90 Å². The summed E-state index contributed by atoms with van der Waals surface area (Å²) in [5.41, 5.74) is 5.18. The summed E-state index contributed by atoms with van der Waals surface area (Å²) in [4.78, 5) is 24.0. The van der Waals surface area contributed by atoms with E-state index in [1.165, 1.54) is 0 Å². The van der Waals surface area contributed by atoms with E-state index in [1.54, 1.807) is 25.2 Å². The van der Waals surface area contributed by atoms with Gasteiger partial charge in [0.15, 0.2) is 11.8 Å². The van der Waals surface area contributed by atoms with Crippen molar-refractivity contribution in [2.45, 2.75) is 24.4 Å². The largest absolute Gasteiger partial charge is 0.456 e. The van der Waals surface area contributed by atoms with Gasteiger partial charge in [-0.25, -0.2) is 4.98 Å². The highest BCUT2D eigenvalue weighted by atomic mass is 35.5. The number of amides is 1. The molecule has 0 saturated carbocycles. The summed E-state index contributed by atoms with van der Waals surface area (Å²) < 4.78 is 17.2. The molecule has 2 aromatic carbocycles. The number of nitrogens with zero attached hydrogens (tertiary/aromatic N) is 2. The van der Waals surface area contributed by atoms with E-state index in [2.05, 4.69) is 20.3 Å². The third-order valence-electron chi connectivity index (χ3n) is 6.52. The fourth-order valence-corrected chi connectivity index (χ4v) is 4.88. The monoisotopic (exact) mass is 506 g/mol. The topological polar surface area (TPSA) is 119 Å². The van der Waals surface area contributed by atoms with Gasteiger partial charge in [0.25, 0.3) is 11.9 Å². The van der Waals surface area contributed by atoms with Crippen LogP contribution in [0.2, 0.25) is 5.02 Å². The number of imidazole rings is 1. The number of fused-ring (bicyclic) bond motifs is 2. The Hall–Kier alpha value is -3.50. The number of aliphatic hydroxyl groups excluding tert-OH is 1. The van der Waals surface area contributed by atoms with E-state index in [4.69, 9.17) is 25.8 Å². The molecule has 4 atom stereocenters. The highest BCUT2D eigenvalue weighted by molar-refractivity contribution is 6.33. The Morgan fingerprint density at radius 1 is 1.03 bits per heavy atom. The van der Waals surface area contributed by atoms with Crippen molar-refractivity contribution in [3.63, 3.8) is 0 Å². The molecule has 4 aromatic rings. The van der Waals surface area contributed by atoms with Crippen molar-refractivity contribution in [3.8, 4) is 28.4 Å². The number of carbonyl (C=O) groups excluding carboxylic acids is 1. The quantitative estimate of drug-likeness (QED) is 0.380. The Morgan fingerprint density at radius 2 is 1.69 bits per heavy atom. The molecular formula is C26H23ClN4O5. The van der Waals surface area contributed by atoms with E-state index in [0.717, 1.165) is 16.7 Å². The van der Waals surface area contributed by atoms with Crippen LogP contribution in [-0.4, -0.2) is 70.6 Å². The van der Waals surface area contributed by atoms with Crippen LogP contribution >= 0.6 is 11.6 Å². The van der Waals surface area contributed by atoms with Gasteiger partial charge in [0.2, 0.25) is 0 Å². The van der Waals surface area contributed by atoms with E-state index in [-0.39, 0.29) is 30.8 Å². The van der Waals surface area contributed by atoms with Crippen LogP contribution in [0.15, 0.2) is 54.6 Å². The number of nitrogens with one attached hydrogen (secondary N) is 2. The molecular weight excluding hydrogens is 484 g/mol. The number of H-pyrrole nitrogens is 1. The van der Waals surface area contributed by atoms with Crippen LogP contribution in [0.3, 0.4) is 0 Å². The number of aromatic amines is 1. The Labute approximate surface area is 211 Å². The number of hydrogen-bond acceptors (Lipinski definition) is 7. The van der Waals surface area contributed by atoms with Crippen molar-refractivity contribution in [1.82, 2.24) is 20.3 Å². The lowest BCUT2D eigenvalue weighted by Crippen LogP contribution is -2.34.